The molecule has 1 fully saturated rings. The van der Waals surface area contributed by atoms with Gasteiger partial charge in [0.05, 0.1) is 0 Å². The smallest absolute Gasteiger partial charge is 0.248 e. The number of carbonyl (C=O) groups is 1. The molecule has 2 aromatic carbocycles. The highest BCUT2D eigenvalue weighted by Crippen LogP contribution is 2.32. The Bertz CT molecular complexity index is 840. The number of ether oxygens (including phenoxy) is 2. The second-order valence-electron chi connectivity index (χ2n) is 6.77. The molecule has 0 bridgehead atoms. The molecule has 0 aromatic heterocycles. The van der Waals surface area contributed by atoms with Crippen molar-refractivity contribution in [2.45, 2.75) is 0 Å². The molecular formula is C21H23N3O3. The van der Waals surface area contributed by atoms with Gasteiger partial charge in [-0.25, -0.2) is 0 Å². The van der Waals surface area contributed by atoms with Gasteiger partial charge < -0.3 is 24.6 Å². The molecule has 0 aliphatic carbocycles. The Kier molecular flexibility index (Phi) is 4.98. The van der Waals surface area contributed by atoms with Gasteiger partial charge in [-0.15, -0.1) is 0 Å². The molecule has 2 aliphatic heterocycles. The largest absolute Gasteiger partial charge is 0.454 e. The van der Waals surface area contributed by atoms with E-state index in [0.29, 0.717) is 5.75 Å². The van der Waals surface area contributed by atoms with Crippen LogP contribution in [0.1, 0.15) is 5.56 Å². The van der Waals surface area contributed by atoms with Crippen LogP contribution in [0.3, 0.4) is 0 Å². The zero-order valence-corrected chi connectivity index (χ0v) is 15.4. The van der Waals surface area contributed by atoms with Crippen LogP contribution in [-0.2, 0) is 4.79 Å². The molecule has 0 atom stereocenters. The van der Waals surface area contributed by atoms with E-state index in [1.165, 1.54) is 11.8 Å². The van der Waals surface area contributed by atoms with Crippen molar-refractivity contribution >= 4 is 23.4 Å². The summed E-state index contributed by atoms with van der Waals surface area (Å²) in [5, 5.41) is 2.89. The van der Waals surface area contributed by atoms with Gasteiger partial charge in [0.2, 0.25) is 12.7 Å². The lowest BCUT2D eigenvalue weighted by Gasteiger charge is -2.34. The number of hydrogen-bond acceptors (Lipinski definition) is 5. The lowest BCUT2D eigenvalue weighted by atomic mass is 10.2. The third kappa shape index (κ3) is 4.23. The van der Waals surface area contributed by atoms with Crippen molar-refractivity contribution in [3.8, 4) is 11.5 Å². The fraction of sp³-hybridized carbons (Fsp3) is 0.286. The summed E-state index contributed by atoms with van der Waals surface area (Å²) in [5.74, 6) is 1.27. The van der Waals surface area contributed by atoms with Gasteiger partial charge in [-0.1, -0.05) is 6.07 Å². The number of benzene rings is 2. The first kappa shape index (κ1) is 17.4. The molecule has 2 aromatic rings. The van der Waals surface area contributed by atoms with E-state index in [4.69, 9.17) is 9.47 Å². The van der Waals surface area contributed by atoms with E-state index in [2.05, 4.69) is 34.3 Å². The average molecular weight is 365 g/mol. The number of fused-ring (bicyclic) bond motifs is 1. The molecule has 4 rings (SSSR count). The number of rotatable bonds is 4. The third-order valence-corrected chi connectivity index (χ3v) is 4.83. The highest BCUT2D eigenvalue weighted by Gasteiger charge is 2.14. The van der Waals surface area contributed by atoms with Crippen LogP contribution in [0.5, 0.6) is 11.5 Å². The van der Waals surface area contributed by atoms with Crippen LogP contribution in [0.25, 0.3) is 6.08 Å². The van der Waals surface area contributed by atoms with Gasteiger partial charge in [0, 0.05) is 43.6 Å². The number of likely N-dealkylation sites (N-methyl/N-ethyl adjacent to an activating group) is 1. The minimum absolute atomic E-state index is 0.167. The molecule has 1 N–H and O–H groups in total. The number of nitrogens with one attached hydrogen (secondary N) is 1. The molecule has 140 valence electrons. The highest BCUT2D eigenvalue weighted by molar-refractivity contribution is 6.02. The maximum absolute atomic E-state index is 12.2. The quantitative estimate of drug-likeness (QED) is 0.845. The molecule has 0 radical (unpaired) electrons. The second-order valence-corrected chi connectivity index (χ2v) is 6.77. The maximum Gasteiger partial charge on any atom is 0.248 e. The number of nitrogens with zero attached hydrogens (tertiary/aromatic N) is 2. The molecule has 6 heteroatoms. The van der Waals surface area contributed by atoms with Gasteiger partial charge in [-0.05, 0) is 55.1 Å². The zero-order chi connectivity index (χ0) is 18.6. The zero-order valence-electron chi connectivity index (χ0n) is 15.4. The number of hydrogen-bond donors (Lipinski definition) is 1. The number of anilines is 2. The second kappa shape index (κ2) is 7.72. The predicted octanol–water partition coefficient (Wildman–Crippen LogP) is 2.82. The molecule has 27 heavy (non-hydrogen) atoms. The van der Waals surface area contributed by atoms with Crippen LogP contribution < -0.4 is 19.7 Å². The lowest BCUT2D eigenvalue weighted by Crippen LogP contribution is -2.44. The molecule has 0 spiro atoms. The Balaban J connectivity index is 1.34. The Labute approximate surface area is 159 Å². The summed E-state index contributed by atoms with van der Waals surface area (Å²) in [6, 6.07) is 13.6. The van der Waals surface area contributed by atoms with Crippen LogP contribution in [0.2, 0.25) is 0 Å². The summed E-state index contributed by atoms with van der Waals surface area (Å²) >= 11 is 0. The molecular weight excluding hydrogens is 342 g/mol. The van der Waals surface area contributed by atoms with Crippen molar-refractivity contribution in [2.75, 3.05) is 50.2 Å². The summed E-state index contributed by atoms with van der Waals surface area (Å²) in [4.78, 5) is 16.9. The lowest BCUT2D eigenvalue weighted by molar-refractivity contribution is -0.111. The maximum atomic E-state index is 12.2. The topological polar surface area (TPSA) is 54.0 Å². The van der Waals surface area contributed by atoms with Gasteiger partial charge >= 0.3 is 0 Å². The van der Waals surface area contributed by atoms with Gasteiger partial charge in [-0.2, -0.15) is 0 Å². The Morgan fingerprint density at radius 2 is 1.74 bits per heavy atom. The molecule has 0 saturated carbocycles. The SMILES string of the molecule is CN1CCN(c2ccc(NC(=O)/C=C/c3ccc4c(c3)OCO4)cc2)CC1. The predicted molar refractivity (Wildman–Crippen MR) is 106 cm³/mol. The summed E-state index contributed by atoms with van der Waals surface area (Å²) in [6.07, 6.45) is 3.28. The van der Waals surface area contributed by atoms with Crippen LogP contribution in [-0.4, -0.2) is 50.8 Å². The monoisotopic (exact) mass is 365 g/mol. The van der Waals surface area contributed by atoms with E-state index in [0.717, 1.165) is 43.2 Å². The summed E-state index contributed by atoms with van der Waals surface area (Å²) in [5.41, 5.74) is 2.87. The first-order chi connectivity index (χ1) is 13.2. The van der Waals surface area contributed by atoms with Crippen molar-refractivity contribution in [3.63, 3.8) is 0 Å². The first-order valence-corrected chi connectivity index (χ1v) is 9.10. The van der Waals surface area contributed by atoms with Crippen molar-refractivity contribution in [3.05, 3.63) is 54.1 Å². The van der Waals surface area contributed by atoms with Gasteiger partial charge in [0.1, 0.15) is 0 Å². The third-order valence-electron chi connectivity index (χ3n) is 4.83. The minimum atomic E-state index is -0.167. The molecule has 2 heterocycles. The van der Waals surface area contributed by atoms with Crippen molar-refractivity contribution in [1.29, 1.82) is 0 Å². The highest BCUT2D eigenvalue weighted by atomic mass is 16.7. The van der Waals surface area contributed by atoms with E-state index >= 15 is 0 Å². The summed E-state index contributed by atoms with van der Waals surface area (Å²) in [7, 11) is 2.15. The average Bonchev–Trinajstić information content (AvgIpc) is 3.15. The Morgan fingerprint density at radius 1 is 1.00 bits per heavy atom. The first-order valence-electron chi connectivity index (χ1n) is 9.10. The van der Waals surface area contributed by atoms with Crippen LogP contribution in [0.4, 0.5) is 11.4 Å². The standard InChI is InChI=1S/C21H23N3O3/c1-23-10-12-24(13-11-23)18-6-4-17(5-7-18)22-21(25)9-3-16-2-8-19-20(14-16)27-15-26-19/h2-9,14H,10-13,15H2,1H3,(H,22,25)/b9-3+. The van der Waals surface area contributed by atoms with Crippen LogP contribution in [0, 0.1) is 0 Å². The van der Waals surface area contributed by atoms with Crippen LogP contribution >= 0.6 is 0 Å². The number of piperazine rings is 1. The number of carbonyl (C=O) groups excluding carboxylic acids is 1. The minimum Gasteiger partial charge on any atom is -0.454 e. The molecule has 1 saturated heterocycles. The van der Waals surface area contributed by atoms with Crippen molar-refractivity contribution < 1.29 is 14.3 Å². The van der Waals surface area contributed by atoms with Crippen molar-refractivity contribution in [2.24, 2.45) is 0 Å². The molecule has 1 amide bonds. The molecule has 6 nitrogen and oxygen atoms in total. The fourth-order valence-corrected chi connectivity index (χ4v) is 3.19. The van der Waals surface area contributed by atoms with E-state index in [1.807, 2.05) is 30.3 Å². The number of amides is 1. The van der Waals surface area contributed by atoms with Crippen LogP contribution in [0.15, 0.2) is 48.5 Å². The van der Waals surface area contributed by atoms with E-state index < -0.39 is 0 Å². The molecule has 0 unspecified atom stereocenters. The van der Waals surface area contributed by atoms with Gasteiger partial charge in [-0.3, -0.25) is 4.79 Å². The summed E-state index contributed by atoms with van der Waals surface area (Å²) < 4.78 is 10.6. The Morgan fingerprint density at radius 3 is 2.52 bits per heavy atom. The van der Waals surface area contributed by atoms with E-state index in [9.17, 15) is 4.79 Å². The van der Waals surface area contributed by atoms with Gasteiger partial charge in [0.15, 0.2) is 11.5 Å². The van der Waals surface area contributed by atoms with E-state index in [-0.39, 0.29) is 12.7 Å². The summed E-state index contributed by atoms with van der Waals surface area (Å²) in [6.45, 7) is 4.44. The van der Waals surface area contributed by atoms with E-state index in [1.54, 1.807) is 6.08 Å². The molecule has 2 aliphatic rings. The van der Waals surface area contributed by atoms with Gasteiger partial charge in [0.25, 0.3) is 0 Å². The Hall–Kier alpha value is -2.99. The normalized spacial score (nSPS) is 16.7. The fourth-order valence-electron chi connectivity index (χ4n) is 3.19. The van der Waals surface area contributed by atoms with Crippen molar-refractivity contribution in [1.82, 2.24) is 4.90 Å².